The summed E-state index contributed by atoms with van der Waals surface area (Å²) in [6.45, 7) is 6.29. The Bertz CT molecular complexity index is 1330. The Labute approximate surface area is 207 Å². The number of ether oxygens (including phenoxy) is 1. The van der Waals surface area contributed by atoms with Crippen LogP contribution in [0.2, 0.25) is 0 Å². The smallest absolute Gasteiger partial charge is 0.254 e. The average Bonchev–Trinajstić information content (AvgIpc) is 2.92. The molecule has 0 N–H and O–H groups in total. The molecule has 5 rings (SSSR count). The van der Waals surface area contributed by atoms with Crippen molar-refractivity contribution in [2.75, 3.05) is 39.8 Å². The van der Waals surface area contributed by atoms with Crippen LogP contribution in [0.5, 0.6) is 5.75 Å². The first-order chi connectivity index (χ1) is 17.1. The molecule has 1 aliphatic heterocycles. The monoisotopic (exact) mass is 465 g/mol. The molecule has 0 unspecified atom stereocenters. The molecule has 4 aromatic rings. The molecule has 5 heteroatoms. The van der Waals surface area contributed by atoms with Crippen molar-refractivity contribution in [3.63, 3.8) is 0 Å². The molecular formula is C30H31N3O2. The van der Waals surface area contributed by atoms with Gasteiger partial charge in [-0.25, -0.2) is 4.98 Å². The van der Waals surface area contributed by atoms with Crippen LogP contribution in [0.3, 0.4) is 0 Å². The van der Waals surface area contributed by atoms with Crippen LogP contribution in [0.25, 0.3) is 22.2 Å². The standard InChI is InChI=1S/C30H31N3O2/c1-22-12-13-24(20-29(22)35-2)28-21-26(25-10-6-7-11-27(25)31-28)30(34)33-18-16-32(17-19-33)15-14-23-8-4-3-5-9-23/h3-13,20-21H,14-19H2,1-2H3. The van der Waals surface area contributed by atoms with Crippen molar-refractivity contribution in [1.29, 1.82) is 0 Å². The summed E-state index contributed by atoms with van der Waals surface area (Å²) in [5, 5.41) is 0.895. The minimum atomic E-state index is 0.0756. The van der Waals surface area contributed by atoms with Crippen molar-refractivity contribution >= 4 is 16.8 Å². The van der Waals surface area contributed by atoms with Crippen LogP contribution in [0, 0.1) is 6.92 Å². The highest BCUT2D eigenvalue weighted by Crippen LogP contribution is 2.29. The third-order valence-electron chi connectivity index (χ3n) is 6.87. The minimum Gasteiger partial charge on any atom is -0.496 e. The molecule has 1 aliphatic rings. The van der Waals surface area contributed by atoms with Gasteiger partial charge in [0.25, 0.3) is 5.91 Å². The maximum Gasteiger partial charge on any atom is 0.254 e. The van der Waals surface area contributed by atoms with E-state index in [0.29, 0.717) is 5.56 Å². The zero-order valence-corrected chi connectivity index (χ0v) is 20.4. The third kappa shape index (κ3) is 5.05. The zero-order chi connectivity index (χ0) is 24.2. The van der Waals surface area contributed by atoms with E-state index < -0.39 is 0 Å². The van der Waals surface area contributed by atoms with Crippen LogP contribution in [-0.4, -0.2) is 60.5 Å². The molecule has 3 aromatic carbocycles. The van der Waals surface area contributed by atoms with Crippen molar-refractivity contribution in [2.45, 2.75) is 13.3 Å². The number of aromatic nitrogens is 1. The predicted octanol–water partition coefficient (Wildman–Crippen LogP) is 5.22. The molecule has 0 saturated carbocycles. The van der Waals surface area contributed by atoms with Gasteiger partial charge in [0.05, 0.1) is 23.9 Å². The van der Waals surface area contributed by atoms with Gasteiger partial charge in [-0.1, -0.05) is 60.7 Å². The summed E-state index contributed by atoms with van der Waals surface area (Å²) in [6, 6.07) is 26.5. The Morgan fingerprint density at radius 1 is 0.914 bits per heavy atom. The molecule has 0 radical (unpaired) electrons. The van der Waals surface area contributed by atoms with Crippen LogP contribution in [0.1, 0.15) is 21.5 Å². The maximum atomic E-state index is 13.7. The van der Waals surface area contributed by atoms with Crippen LogP contribution < -0.4 is 4.74 Å². The van der Waals surface area contributed by atoms with Crippen LogP contribution in [0.15, 0.2) is 78.9 Å². The second kappa shape index (κ2) is 10.3. The molecular weight excluding hydrogens is 434 g/mol. The fourth-order valence-corrected chi connectivity index (χ4v) is 4.76. The number of rotatable bonds is 6. The van der Waals surface area contributed by atoms with Gasteiger partial charge in [0.2, 0.25) is 0 Å². The van der Waals surface area contributed by atoms with Gasteiger partial charge in [0.15, 0.2) is 0 Å². The van der Waals surface area contributed by atoms with Gasteiger partial charge in [-0.05, 0) is 42.7 Å². The number of carbonyl (C=O) groups excluding carboxylic acids is 1. The summed E-state index contributed by atoms with van der Waals surface area (Å²) in [5.41, 5.74) is 5.69. The van der Waals surface area contributed by atoms with Crippen LogP contribution >= 0.6 is 0 Å². The van der Waals surface area contributed by atoms with Crippen molar-refractivity contribution in [3.8, 4) is 17.0 Å². The van der Waals surface area contributed by atoms with E-state index in [9.17, 15) is 4.79 Å². The number of aryl methyl sites for hydroxylation is 1. The van der Waals surface area contributed by atoms with Gasteiger partial charge in [-0.15, -0.1) is 0 Å². The van der Waals surface area contributed by atoms with E-state index >= 15 is 0 Å². The van der Waals surface area contributed by atoms with Gasteiger partial charge in [-0.3, -0.25) is 9.69 Å². The van der Waals surface area contributed by atoms with E-state index in [1.165, 1.54) is 5.56 Å². The van der Waals surface area contributed by atoms with Gasteiger partial charge in [0, 0.05) is 43.7 Å². The van der Waals surface area contributed by atoms with Gasteiger partial charge >= 0.3 is 0 Å². The SMILES string of the molecule is COc1cc(-c2cc(C(=O)N3CCN(CCc4ccccc4)CC3)c3ccccc3n2)ccc1C. The summed E-state index contributed by atoms with van der Waals surface area (Å²) in [6.07, 6.45) is 1.03. The minimum absolute atomic E-state index is 0.0756. The quantitative estimate of drug-likeness (QED) is 0.392. The van der Waals surface area contributed by atoms with Crippen LogP contribution in [0.4, 0.5) is 0 Å². The molecule has 1 aromatic heterocycles. The molecule has 0 spiro atoms. The lowest BCUT2D eigenvalue weighted by Gasteiger charge is -2.35. The van der Waals surface area contributed by atoms with Crippen molar-refractivity contribution in [1.82, 2.24) is 14.8 Å². The molecule has 0 atom stereocenters. The summed E-state index contributed by atoms with van der Waals surface area (Å²) in [7, 11) is 1.67. The van der Waals surface area contributed by atoms with Crippen molar-refractivity contribution in [3.05, 3.63) is 95.6 Å². The first-order valence-corrected chi connectivity index (χ1v) is 12.2. The number of hydrogen-bond acceptors (Lipinski definition) is 4. The number of amides is 1. The summed E-state index contributed by atoms with van der Waals surface area (Å²) in [4.78, 5) is 23.0. The van der Waals surface area contributed by atoms with E-state index in [4.69, 9.17) is 9.72 Å². The number of para-hydroxylation sites is 1. The summed E-state index contributed by atoms with van der Waals surface area (Å²) >= 11 is 0. The Morgan fingerprint density at radius 3 is 2.43 bits per heavy atom. The largest absolute Gasteiger partial charge is 0.496 e. The first kappa shape index (κ1) is 23.1. The van der Waals surface area contributed by atoms with Gasteiger partial charge in [-0.2, -0.15) is 0 Å². The van der Waals surface area contributed by atoms with E-state index in [2.05, 4.69) is 35.2 Å². The zero-order valence-electron chi connectivity index (χ0n) is 20.4. The van der Waals surface area contributed by atoms with E-state index in [0.717, 1.165) is 72.6 Å². The lowest BCUT2D eigenvalue weighted by atomic mass is 10.0. The fraction of sp³-hybridized carbons (Fsp3) is 0.267. The molecule has 1 fully saturated rings. The molecule has 178 valence electrons. The maximum absolute atomic E-state index is 13.7. The number of piperazine rings is 1. The predicted molar refractivity (Wildman–Crippen MR) is 141 cm³/mol. The van der Waals surface area contributed by atoms with Crippen LogP contribution in [-0.2, 0) is 6.42 Å². The van der Waals surface area contributed by atoms with E-state index in [-0.39, 0.29) is 5.91 Å². The average molecular weight is 466 g/mol. The molecule has 1 amide bonds. The third-order valence-corrected chi connectivity index (χ3v) is 6.87. The first-order valence-electron chi connectivity index (χ1n) is 12.2. The number of carbonyl (C=O) groups is 1. The number of hydrogen-bond donors (Lipinski definition) is 0. The highest BCUT2D eigenvalue weighted by molar-refractivity contribution is 6.07. The van der Waals surface area contributed by atoms with Crippen molar-refractivity contribution < 1.29 is 9.53 Å². The lowest BCUT2D eigenvalue weighted by molar-refractivity contribution is 0.0640. The lowest BCUT2D eigenvalue weighted by Crippen LogP contribution is -2.49. The number of benzene rings is 3. The molecule has 35 heavy (non-hydrogen) atoms. The van der Waals surface area contributed by atoms with E-state index in [1.807, 2.05) is 60.4 Å². The topological polar surface area (TPSA) is 45.7 Å². The normalized spacial score (nSPS) is 14.3. The van der Waals surface area contributed by atoms with Gasteiger partial charge in [0.1, 0.15) is 5.75 Å². The number of methoxy groups -OCH3 is 1. The number of pyridine rings is 1. The molecule has 1 saturated heterocycles. The summed E-state index contributed by atoms with van der Waals surface area (Å²) in [5.74, 6) is 0.892. The Hall–Kier alpha value is -3.70. The van der Waals surface area contributed by atoms with E-state index in [1.54, 1.807) is 7.11 Å². The molecule has 2 heterocycles. The molecule has 0 bridgehead atoms. The number of nitrogens with zero attached hydrogens (tertiary/aromatic N) is 3. The molecule has 0 aliphatic carbocycles. The Morgan fingerprint density at radius 2 is 1.66 bits per heavy atom. The Kier molecular flexibility index (Phi) is 6.77. The second-order valence-electron chi connectivity index (χ2n) is 9.13. The second-order valence-corrected chi connectivity index (χ2v) is 9.13. The molecule has 5 nitrogen and oxygen atoms in total. The fourth-order valence-electron chi connectivity index (χ4n) is 4.76. The summed E-state index contributed by atoms with van der Waals surface area (Å²) < 4.78 is 5.52. The van der Waals surface area contributed by atoms with Crippen molar-refractivity contribution in [2.24, 2.45) is 0 Å². The highest BCUT2D eigenvalue weighted by atomic mass is 16.5. The Balaban J connectivity index is 1.36. The van der Waals surface area contributed by atoms with Gasteiger partial charge < -0.3 is 9.64 Å². The number of fused-ring (bicyclic) bond motifs is 1. The highest BCUT2D eigenvalue weighted by Gasteiger charge is 2.24.